The number of hydrogen-bond acceptors (Lipinski definition) is 2. The molecule has 0 bridgehead atoms. The number of carbonyl (C=O) groups is 1. The summed E-state index contributed by atoms with van der Waals surface area (Å²) in [5.74, 6) is 0.0370. The molecule has 1 rings (SSSR count). The van der Waals surface area contributed by atoms with Crippen LogP contribution in [0.3, 0.4) is 0 Å². The van der Waals surface area contributed by atoms with Gasteiger partial charge < -0.3 is 10.0 Å². The maximum Gasteiger partial charge on any atom is 0.225 e. The first-order valence-electron chi connectivity index (χ1n) is 3.06. The summed E-state index contributed by atoms with van der Waals surface area (Å²) in [6.45, 7) is 1.84. The number of hydrogen-bond donors (Lipinski definition) is 1. The van der Waals surface area contributed by atoms with Gasteiger partial charge in [-0.25, -0.2) is 0 Å². The second-order valence-corrected chi connectivity index (χ2v) is 2.52. The molecule has 1 heterocycles. The number of carbonyl (C=O) groups excluding carboxylic acids is 1. The number of nitrogens with zero attached hydrogens (tertiary/aromatic N) is 1. The lowest BCUT2D eigenvalue weighted by Crippen LogP contribution is -2.30. The lowest BCUT2D eigenvalue weighted by Gasteiger charge is -2.15. The molecule has 0 aromatic carbocycles. The van der Waals surface area contributed by atoms with Gasteiger partial charge in [-0.15, -0.1) is 0 Å². The number of rotatable bonds is 0. The molecule has 3 nitrogen and oxygen atoms in total. The second-order valence-electron chi connectivity index (χ2n) is 2.52. The van der Waals surface area contributed by atoms with Gasteiger partial charge in [-0.2, -0.15) is 0 Å². The van der Waals surface area contributed by atoms with Crippen LogP contribution in [0, 0.1) is 0 Å². The molecular formula is C6H11NO2. The molecule has 2 atom stereocenters. The Morgan fingerprint density at radius 3 is 2.44 bits per heavy atom. The van der Waals surface area contributed by atoms with Crippen molar-refractivity contribution in [2.24, 2.45) is 0 Å². The molecule has 1 aliphatic heterocycles. The summed E-state index contributed by atoms with van der Waals surface area (Å²) in [4.78, 5) is 12.3. The fourth-order valence-electron chi connectivity index (χ4n) is 0.979. The maximum atomic E-state index is 10.8. The quantitative estimate of drug-likeness (QED) is 0.483. The smallest absolute Gasteiger partial charge is 0.225 e. The molecular weight excluding hydrogens is 118 g/mol. The van der Waals surface area contributed by atoms with Crippen LogP contribution < -0.4 is 0 Å². The monoisotopic (exact) mass is 129 g/mol. The second kappa shape index (κ2) is 1.99. The summed E-state index contributed by atoms with van der Waals surface area (Å²) >= 11 is 0. The SMILES string of the molecule is C[C@H]1[C@@H](O)CC(=O)N1C. The Morgan fingerprint density at radius 1 is 1.78 bits per heavy atom. The van der Waals surface area contributed by atoms with E-state index in [1.54, 1.807) is 11.9 Å². The van der Waals surface area contributed by atoms with E-state index in [9.17, 15) is 4.79 Å². The molecule has 1 N–H and O–H groups in total. The van der Waals surface area contributed by atoms with Crippen LogP contribution in [-0.2, 0) is 4.79 Å². The summed E-state index contributed by atoms with van der Waals surface area (Å²) in [7, 11) is 1.71. The van der Waals surface area contributed by atoms with Crippen molar-refractivity contribution >= 4 is 5.91 Å². The summed E-state index contributed by atoms with van der Waals surface area (Å²) in [5.41, 5.74) is 0. The van der Waals surface area contributed by atoms with Gasteiger partial charge >= 0.3 is 0 Å². The van der Waals surface area contributed by atoms with Crippen molar-refractivity contribution < 1.29 is 9.90 Å². The average molecular weight is 129 g/mol. The standard InChI is InChI=1S/C6H11NO2/c1-4-5(8)3-6(9)7(4)2/h4-5,8H,3H2,1-2H3/t4-,5-/m0/s1. The van der Waals surface area contributed by atoms with E-state index in [-0.39, 0.29) is 18.4 Å². The fraction of sp³-hybridized carbons (Fsp3) is 0.833. The molecule has 0 spiro atoms. The molecule has 1 aliphatic rings. The van der Waals surface area contributed by atoms with E-state index < -0.39 is 6.10 Å². The zero-order valence-corrected chi connectivity index (χ0v) is 5.66. The lowest BCUT2D eigenvalue weighted by molar-refractivity contribution is -0.127. The predicted molar refractivity (Wildman–Crippen MR) is 32.9 cm³/mol. The number of likely N-dealkylation sites (N-methyl/N-ethyl adjacent to an activating group) is 1. The molecule has 0 radical (unpaired) electrons. The van der Waals surface area contributed by atoms with Gasteiger partial charge in [0.25, 0.3) is 0 Å². The largest absolute Gasteiger partial charge is 0.390 e. The van der Waals surface area contributed by atoms with Crippen molar-refractivity contribution in [3.63, 3.8) is 0 Å². The summed E-state index contributed by atoms with van der Waals surface area (Å²) < 4.78 is 0. The lowest BCUT2D eigenvalue weighted by atomic mass is 10.2. The Labute approximate surface area is 54.3 Å². The topological polar surface area (TPSA) is 40.5 Å². The first kappa shape index (κ1) is 6.55. The minimum absolute atomic E-state index is 0.00231. The summed E-state index contributed by atoms with van der Waals surface area (Å²) in [6, 6.07) is -0.00231. The van der Waals surface area contributed by atoms with E-state index in [4.69, 9.17) is 5.11 Å². The third-order valence-corrected chi connectivity index (χ3v) is 1.94. The van der Waals surface area contributed by atoms with Crippen LogP contribution in [0.4, 0.5) is 0 Å². The van der Waals surface area contributed by atoms with E-state index >= 15 is 0 Å². The highest BCUT2D eigenvalue weighted by Gasteiger charge is 2.32. The number of amides is 1. The Bertz CT molecular complexity index is 135. The molecule has 1 amide bonds. The Balaban J connectivity index is 2.65. The van der Waals surface area contributed by atoms with Crippen LogP contribution >= 0.6 is 0 Å². The minimum Gasteiger partial charge on any atom is -0.390 e. The minimum atomic E-state index is -0.456. The Kier molecular flexibility index (Phi) is 1.45. The number of aliphatic hydroxyl groups excluding tert-OH is 1. The summed E-state index contributed by atoms with van der Waals surface area (Å²) in [5, 5.41) is 9.08. The van der Waals surface area contributed by atoms with E-state index in [0.29, 0.717) is 0 Å². The number of likely N-dealkylation sites (tertiary alicyclic amines) is 1. The fourth-order valence-corrected chi connectivity index (χ4v) is 0.979. The van der Waals surface area contributed by atoms with Gasteiger partial charge in [-0.1, -0.05) is 0 Å². The maximum absolute atomic E-state index is 10.8. The van der Waals surface area contributed by atoms with Crippen molar-refractivity contribution in [3.05, 3.63) is 0 Å². The van der Waals surface area contributed by atoms with Crippen LogP contribution in [0.25, 0.3) is 0 Å². The van der Waals surface area contributed by atoms with Crippen molar-refractivity contribution in [1.29, 1.82) is 0 Å². The van der Waals surface area contributed by atoms with Gasteiger partial charge in [0, 0.05) is 7.05 Å². The molecule has 0 aromatic rings. The van der Waals surface area contributed by atoms with Gasteiger partial charge in [0.15, 0.2) is 0 Å². The van der Waals surface area contributed by atoms with E-state index in [1.165, 1.54) is 0 Å². The predicted octanol–water partition coefficient (Wildman–Crippen LogP) is -0.402. The highest BCUT2D eigenvalue weighted by atomic mass is 16.3. The van der Waals surface area contributed by atoms with Crippen LogP contribution in [0.5, 0.6) is 0 Å². The van der Waals surface area contributed by atoms with Gasteiger partial charge in [0.2, 0.25) is 5.91 Å². The normalized spacial score (nSPS) is 35.9. The van der Waals surface area contributed by atoms with Gasteiger partial charge in [0.05, 0.1) is 18.6 Å². The average Bonchev–Trinajstić information content (AvgIpc) is 1.98. The Hall–Kier alpha value is -0.570. The molecule has 0 saturated carbocycles. The van der Waals surface area contributed by atoms with Gasteiger partial charge in [-0.3, -0.25) is 4.79 Å². The molecule has 9 heavy (non-hydrogen) atoms. The van der Waals surface area contributed by atoms with Crippen molar-refractivity contribution in [2.45, 2.75) is 25.5 Å². The van der Waals surface area contributed by atoms with Gasteiger partial charge in [0.1, 0.15) is 0 Å². The van der Waals surface area contributed by atoms with Crippen molar-refractivity contribution in [1.82, 2.24) is 4.90 Å². The molecule has 0 unspecified atom stereocenters. The third-order valence-electron chi connectivity index (χ3n) is 1.94. The molecule has 1 fully saturated rings. The Morgan fingerprint density at radius 2 is 2.33 bits per heavy atom. The number of aliphatic hydroxyl groups is 1. The molecule has 0 aromatic heterocycles. The van der Waals surface area contributed by atoms with Crippen LogP contribution in [-0.4, -0.2) is 35.1 Å². The van der Waals surface area contributed by atoms with E-state index in [0.717, 1.165) is 0 Å². The van der Waals surface area contributed by atoms with Crippen molar-refractivity contribution in [2.75, 3.05) is 7.05 Å². The zero-order chi connectivity index (χ0) is 7.02. The summed E-state index contributed by atoms with van der Waals surface area (Å²) in [6.07, 6.45) is -0.167. The third kappa shape index (κ3) is 0.920. The van der Waals surface area contributed by atoms with Crippen LogP contribution in [0.2, 0.25) is 0 Å². The molecule has 52 valence electrons. The van der Waals surface area contributed by atoms with E-state index in [1.807, 2.05) is 6.92 Å². The van der Waals surface area contributed by atoms with E-state index in [2.05, 4.69) is 0 Å². The molecule has 1 saturated heterocycles. The first-order chi connectivity index (χ1) is 4.13. The van der Waals surface area contributed by atoms with Gasteiger partial charge in [-0.05, 0) is 6.92 Å². The first-order valence-corrected chi connectivity index (χ1v) is 3.06. The zero-order valence-electron chi connectivity index (χ0n) is 5.66. The highest BCUT2D eigenvalue weighted by Crippen LogP contribution is 2.15. The van der Waals surface area contributed by atoms with Crippen LogP contribution in [0.1, 0.15) is 13.3 Å². The van der Waals surface area contributed by atoms with Crippen molar-refractivity contribution in [3.8, 4) is 0 Å². The molecule has 3 heteroatoms. The van der Waals surface area contributed by atoms with Crippen LogP contribution in [0.15, 0.2) is 0 Å². The molecule has 0 aliphatic carbocycles. The highest BCUT2D eigenvalue weighted by molar-refractivity contribution is 5.79.